The lowest BCUT2D eigenvalue weighted by Gasteiger charge is -2.42. The topological polar surface area (TPSA) is 24.5 Å². The standard InChI is InChI=1S/C14H28N2O/c1-12(10-13-6-4-5-7-15-13)16-8-9-17-14(2,3)11-16/h12-13,15H,4-11H2,1-3H3. The van der Waals surface area contributed by atoms with Crippen LogP contribution < -0.4 is 5.32 Å². The minimum atomic E-state index is 0.0342. The first-order valence-corrected chi connectivity index (χ1v) is 7.18. The summed E-state index contributed by atoms with van der Waals surface area (Å²) in [6.07, 6.45) is 5.41. The largest absolute Gasteiger partial charge is 0.373 e. The molecule has 0 spiro atoms. The zero-order valence-electron chi connectivity index (χ0n) is 11.7. The summed E-state index contributed by atoms with van der Waals surface area (Å²) >= 11 is 0. The van der Waals surface area contributed by atoms with Crippen LogP contribution in [0, 0.1) is 0 Å². The van der Waals surface area contributed by atoms with Crippen LogP contribution in [0.25, 0.3) is 0 Å². The lowest BCUT2D eigenvalue weighted by atomic mass is 9.97. The maximum atomic E-state index is 5.78. The van der Waals surface area contributed by atoms with Crippen LogP contribution >= 0.6 is 0 Å². The molecule has 2 heterocycles. The van der Waals surface area contributed by atoms with Gasteiger partial charge in [-0.1, -0.05) is 6.42 Å². The van der Waals surface area contributed by atoms with Gasteiger partial charge in [0.1, 0.15) is 0 Å². The molecule has 100 valence electrons. The maximum Gasteiger partial charge on any atom is 0.0753 e. The molecule has 2 aliphatic heterocycles. The quantitative estimate of drug-likeness (QED) is 0.817. The second-order valence-corrected chi connectivity index (χ2v) is 6.31. The molecule has 0 aromatic carbocycles. The Morgan fingerprint density at radius 2 is 2.24 bits per heavy atom. The van der Waals surface area contributed by atoms with Crippen molar-refractivity contribution in [3.05, 3.63) is 0 Å². The number of nitrogens with zero attached hydrogens (tertiary/aromatic N) is 1. The zero-order chi connectivity index (χ0) is 12.3. The van der Waals surface area contributed by atoms with Crippen LogP contribution in [0.4, 0.5) is 0 Å². The highest BCUT2D eigenvalue weighted by atomic mass is 16.5. The summed E-state index contributed by atoms with van der Waals surface area (Å²) in [5, 5.41) is 3.65. The monoisotopic (exact) mass is 240 g/mol. The molecule has 2 rings (SSSR count). The molecule has 0 saturated carbocycles. The minimum absolute atomic E-state index is 0.0342. The second kappa shape index (κ2) is 5.68. The Labute approximate surface area is 106 Å². The molecule has 3 heteroatoms. The van der Waals surface area contributed by atoms with Crippen LogP contribution in [0.5, 0.6) is 0 Å². The Balaban J connectivity index is 1.80. The molecule has 0 aliphatic carbocycles. The molecule has 2 aliphatic rings. The van der Waals surface area contributed by atoms with Gasteiger partial charge in [-0.25, -0.2) is 0 Å². The average Bonchev–Trinajstić information content (AvgIpc) is 2.29. The van der Waals surface area contributed by atoms with Crippen molar-refractivity contribution in [2.45, 2.75) is 64.1 Å². The number of rotatable bonds is 3. The fourth-order valence-electron chi connectivity index (χ4n) is 3.12. The maximum absolute atomic E-state index is 5.78. The molecule has 2 unspecified atom stereocenters. The minimum Gasteiger partial charge on any atom is -0.373 e. The van der Waals surface area contributed by atoms with Gasteiger partial charge in [0.2, 0.25) is 0 Å². The zero-order valence-corrected chi connectivity index (χ0v) is 11.7. The van der Waals surface area contributed by atoms with Gasteiger partial charge in [0.05, 0.1) is 12.2 Å². The van der Waals surface area contributed by atoms with Gasteiger partial charge < -0.3 is 10.1 Å². The van der Waals surface area contributed by atoms with E-state index in [1.54, 1.807) is 0 Å². The predicted molar refractivity (Wildman–Crippen MR) is 71.3 cm³/mol. The van der Waals surface area contributed by atoms with Gasteiger partial charge in [-0.3, -0.25) is 4.90 Å². The highest BCUT2D eigenvalue weighted by molar-refractivity contribution is 4.85. The van der Waals surface area contributed by atoms with E-state index in [-0.39, 0.29) is 5.60 Å². The first-order chi connectivity index (χ1) is 8.07. The van der Waals surface area contributed by atoms with Crippen molar-refractivity contribution in [1.82, 2.24) is 10.2 Å². The van der Waals surface area contributed by atoms with Crippen molar-refractivity contribution in [2.75, 3.05) is 26.2 Å². The van der Waals surface area contributed by atoms with Gasteiger partial charge in [-0.2, -0.15) is 0 Å². The third-order valence-corrected chi connectivity index (χ3v) is 4.12. The van der Waals surface area contributed by atoms with Crippen LogP contribution in [-0.4, -0.2) is 48.8 Å². The molecule has 0 amide bonds. The number of piperidine rings is 1. The van der Waals surface area contributed by atoms with Crippen molar-refractivity contribution in [3.8, 4) is 0 Å². The van der Waals surface area contributed by atoms with Crippen molar-refractivity contribution in [1.29, 1.82) is 0 Å². The molecular formula is C14H28N2O. The molecule has 3 nitrogen and oxygen atoms in total. The molecule has 2 fully saturated rings. The average molecular weight is 240 g/mol. The molecule has 0 bridgehead atoms. The smallest absolute Gasteiger partial charge is 0.0753 e. The van der Waals surface area contributed by atoms with Crippen molar-refractivity contribution in [3.63, 3.8) is 0 Å². The molecule has 17 heavy (non-hydrogen) atoms. The predicted octanol–water partition coefficient (Wildman–Crippen LogP) is 2.02. The van der Waals surface area contributed by atoms with E-state index in [4.69, 9.17) is 4.74 Å². The summed E-state index contributed by atoms with van der Waals surface area (Å²) in [5.41, 5.74) is 0.0342. The number of ether oxygens (including phenoxy) is 1. The van der Waals surface area contributed by atoms with E-state index in [9.17, 15) is 0 Å². The van der Waals surface area contributed by atoms with E-state index in [2.05, 4.69) is 31.0 Å². The Morgan fingerprint density at radius 3 is 2.88 bits per heavy atom. The third-order valence-electron chi connectivity index (χ3n) is 4.12. The lowest BCUT2D eigenvalue weighted by molar-refractivity contribution is -0.0968. The second-order valence-electron chi connectivity index (χ2n) is 6.31. The summed E-state index contributed by atoms with van der Waals surface area (Å²) in [5.74, 6) is 0. The van der Waals surface area contributed by atoms with Crippen LogP contribution in [0.15, 0.2) is 0 Å². The summed E-state index contributed by atoms with van der Waals surface area (Å²) in [6, 6.07) is 1.42. The summed E-state index contributed by atoms with van der Waals surface area (Å²) in [4.78, 5) is 2.60. The van der Waals surface area contributed by atoms with Gasteiger partial charge in [0.15, 0.2) is 0 Å². The lowest BCUT2D eigenvalue weighted by Crippen LogP contribution is -2.52. The van der Waals surface area contributed by atoms with Crippen molar-refractivity contribution in [2.24, 2.45) is 0 Å². The molecule has 0 aromatic rings. The number of nitrogens with one attached hydrogen (secondary N) is 1. The van der Waals surface area contributed by atoms with E-state index >= 15 is 0 Å². The normalized spacial score (nSPS) is 32.3. The van der Waals surface area contributed by atoms with Crippen molar-refractivity contribution >= 4 is 0 Å². The van der Waals surface area contributed by atoms with E-state index in [0.717, 1.165) is 25.7 Å². The van der Waals surface area contributed by atoms with E-state index in [1.807, 2.05) is 0 Å². The fourth-order valence-corrected chi connectivity index (χ4v) is 3.12. The fraction of sp³-hybridized carbons (Fsp3) is 1.00. The number of hydrogen-bond acceptors (Lipinski definition) is 3. The van der Waals surface area contributed by atoms with E-state index in [0.29, 0.717) is 6.04 Å². The SMILES string of the molecule is CC(CC1CCCCN1)N1CCOC(C)(C)C1. The van der Waals surface area contributed by atoms with Crippen LogP contribution in [0.3, 0.4) is 0 Å². The number of morpholine rings is 1. The highest BCUT2D eigenvalue weighted by Crippen LogP contribution is 2.21. The Bertz CT molecular complexity index is 236. The summed E-state index contributed by atoms with van der Waals surface area (Å²) < 4.78 is 5.78. The highest BCUT2D eigenvalue weighted by Gasteiger charge is 2.30. The van der Waals surface area contributed by atoms with E-state index < -0.39 is 0 Å². The van der Waals surface area contributed by atoms with Crippen LogP contribution in [0.1, 0.15) is 46.5 Å². The first-order valence-electron chi connectivity index (χ1n) is 7.18. The molecular weight excluding hydrogens is 212 g/mol. The van der Waals surface area contributed by atoms with Crippen LogP contribution in [0.2, 0.25) is 0 Å². The summed E-state index contributed by atoms with van der Waals surface area (Å²) in [6.45, 7) is 11.0. The first kappa shape index (κ1) is 13.3. The Hall–Kier alpha value is -0.120. The Kier molecular flexibility index (Phi) is 4.45. The number of hydrogen-bond donors (Lipinski definition) is 1. The van der Waals surface area contributed by atoms with Crippen LogP contribution in [-0.2, 0) is 4.74 Å². The van der Waals surface area contributed by atoms with Gasteiger partial charge >= 0.3 is 0 Å². The molecule has 0 radical (unpaired) electrons. The van der Waals surface area contributed by atoms with Gasteiger partial charge in [-0.15, -0.1) is 0 Å². The third kappa shape index (κ3) is 3.94. The molecule has 2 saturated heterocycles. The summed E-state index contributed by atoms with van der Waals surface area (Å²) in [7, 11) is 0. The molecule has 2 atom stereocenters. The van der Waals surface area contributed by atoms with Crippen molar-refractivity contribution < 1.29 is 4.74 Å². The van der Waals surface area contributed by atoms with E-state index in [1.165, 1.54) is 32.2 Å². The van der Waals surface area contributed by atoms with Gasteiger partial charge in [-0.05, 0) is 46.6 Å². The van der Waals surface area contributed by atoms with Gasteiger partial charge in [0, 0.05) is 25.2 Å². The van der Waals surface area contributed by atoms with Gasteiger partial charge in [0.25, 0.3) is 0 Å². The molecule has 1 N–H and O–H groups in total. The Morgan fingerprint density at radius 1 is 1.41 bits per heavy atom. The molecule has 0 aromatic heterocycles.